The number of nitrogens with one attached hydrogen (secondary N) is 1. The number of carbonyl (C=O) groups is 3. The van der Waals surface area contributed by atoms with Gasteiger partial charge in [0, 0.05) is 20.1 Å². The normalized spacial score (nSPS) is 11.0. The van der Waals surface area contributed by atoms with Crippen molar-refractivity contribution in [2.45, 2.75) is 23.6 Å². The van der Waals surface area contributed by atoms with Gasteiger partial charge in [-0.2, -0.15) is 10.5 Å². The number of nitrogens with two attached hydrogens (primary N) is 2. The maximum absolute atomic E-state index is 12.2. The third kappa shape index (κ3) is 5.99. The van der Waals surface area contributed by atoms with Crippen molar-refractivity contribution in [2.75, 3.05) is 25.0 Å². The fourth-order valence-corrected chi connectivity index (χ4v) is 4.16. The van der Waals surface area contributed by atoms with Crippen molar-refractivity contribution in [1.29, 1.82) is 10.5 Å². The van der Waals surface area contributed by atoms with E-state index in [1.165, 1.54) is 0 Å². The average Bonchev–Trinajstić information content (AvgIpc) is 2.81. The zero-order chi connectivity index (χ0) is 24.5. The van der Waals surface area contributed by atoms with E-state index < -0.39 is 23.0 Å². The van der Waals surface area contributed by atoms with Gasteiger partial charge in [-0.1, -0.05) is 49.0 Å². The van der Waals surface area contributed by atoms with Crippen LogP contribution in [0, 0.1) is 22.7 Å². The third-order valence-corrected chi connectivity index (χ3v) is 5.99. The summed E-state index contributed by atoms with van der Waals surface area (Å²) in [6, 6.07) is 13.1. The second kappa shape index (κ2) is 11.5. The molecule has 33 heavy (non-hydrogen) atoms. The average molecular weight is 466 g/mol. The fraction of sp³-hybridized carbons (Fsp3) is 0.273. The van der Waals surface area contributed by atoms with E-state index in [4.69, 9.17) is 11.5 Å². The van der Waals surface area contributed by atoms with Crippen molar-refractivity contribution < 1.29 is 14.4 Å². The summed E-state index contributed by atoms with van der Waals surface area (Å²) in [6.45, 7) is 2.09. The molecule has 0 saturated carbocycles. The Labute approximate surface area is 195 Å². The first-order valence-electron chi connectivity index (χ1n) is 9.91. The Kier molecular flexibility index (Phi) is 8.78. The Morgan fingerprint density at radius 3 is 2.30 bits per heavy atom. The second-order valence-electron chi connectivity index (χ2n) is 6.90. The molecule has 3 amide bonds. The van der Waals surface area contributed by atoms with Crippen molar-refractivity contribution in [3.05, 3.63) is 52.6 Å². The van der Waals surface area contributed by atoms with Crippen molar-refractivity contribution in [3.63, 3.8) is 0 Å². The summed E-state index contributed by atoms with van der Waals surface area (Å²) in [6.07, 6.45) is 0.383. The first-order valence-corrected chi connectivity index (χ1v) is 10.8. The van der Waals surface area contributed by atoms with E-state index >= 15 is 0 Å². The molecule has 1 aromatic heterocycles. The lowest BCUT2D eigenvalue weighted by Crippen LogP contribution is -2.40. The SMILES string of the molecule is CCc1c(C#N)c(SC(C(N)=O)c2ccccc2)nc(N(C)CCNC(=O)C(N)=O)c1C#N. The molecule has 0 aliphatic carbocycles. The summed E-state index contributed by atoms with van der Waals surface area (Å²) in [4.78, 5) is 40.6. The highest BCUT2D eigenvalue weighted by Gasteiger charge is 2.26. The van der Waals surface area contributed by atoms with Crippen LogP contribution in [0.3, 0.4) is 0 Å². The van der Waals surface area contributed by atoms with Crippen molar-refractivity contribution in [3.8, 4) is 12.1 Å². The predicted molar refractivity (Wildman–Crippen MR) is 123 cm³/mol. The molecule has 1 unspecified atom stereocenters. The van der Waals surface area contributed by atoms with Gasteiger partial charge in [-0.3, -0.25) is 14.4 Å². The lowest BCUT2D eigenvalue weighted by molar-refractivity contribution is -0.137. The van der Waals surface area contributed by atoms with Crippen molar-refractivity contribution in [2.24, 2.45) is 11.5 Å². The predicted octanol–water partition coefficient (Wildman–Crippen LogP) is 0.744. The quantitative estimate of drug-likeness (QED) is 0.358. The number of hydrogen-bond donors (Lipinski definition) is 3. The number of thioether (sulfide) groups is 1. The molecule has 2 aromatic rings. The molecule has 0 bridgehead atoms. The fourth-order valence-electron chi connectivity index (χ4n) is 3.10. The summed E-state index contributed by atoms with van der Waals surface area (Å²) in [5.74, 6) is -2.34. The number of nitrogens with zero attached hydrogens (tertiary/aromatic N) is 4. The maximum atomic E-state index is 12.2. The lowest BCUT2D eigenvalue weighted by Gasteiger charge is -2.23. The van der Waals surface area contributed by atoms with E-state index in [9.17, 15) is 24.9 Å². The highest BCUT2D eigenvalue weighted by Crippen LogP contribution is 2.39. The van der Waals surface area contributed by atoms with Crippen LogP contribution in [0.1, 0.15) is 34.4 Å². The molecule has 10 nitrogen and oxygen atoms in total. The third-order valence-electron chi connectivity index (χ3n) is 4.73. The van der Waals surface area contributed by atoms with Gasteiger partial charge >= 0.3 is 11.8 Å². The van der Waals surface area contributed by atoms with Gasteiger partial charge in [0.05, 0.1) is 11.1 Å². The van der Waals surface area contributed by atoms with Crippen LogP contribution in [-0.4, -0.2) is 42.8 Å². The van der Waals surface area contributed by atoms with Gasteiger partial charge in [0.1, 0.15) is 28.2 Å². The molecule has 0 aliphatic rings. The number of amides is 3. The second-order valence-corrected chi connectivity index (χ2v) is 7.99. The summed E-state index contributed by atoms with van der Waals surface area (Å²) in [7, 11) is 1.66. The number of carbonyl (C=O) groups excluding carboxylic acids is 3. The molecular formula is C22H23N7O3S. The van der Waals surface area contributed by atoms with Gasteiger partial charge in [-0.15, -0.1) is 0 Å². The van der Waals surface area contributed by atoms with Crippen LogP contribution < -0.4 is 21.7 Å². The van der Waals surface area contributed by atoms with E-state index in [2.05, 4.69) is 22.4 Å². The number of nitriles is 2. The molecule has 170 valence electrons. The molecule has 0 saturated heterocycles. The number of primary amides is 2. The topological polar surface area (TPSA) is 179 Å². The molecule has 0 aliphatic heterocycles. The van der Waals surface area contributed by atoms with Gasteiger partial charge in [0.15, 0.2) is 0 Å². The summed E-state index contributed by atoms with van der Waals surface area (Å²) >= 11 is 1.04. The van der Waals surface area contributed by atoms with E-state index in [1.807, 2.05) is 13.0 Å². The smallest absolute Gasteiger partial charge is 0.309 e. The largest absolute Gasteiger partial charge is 0.368 e. The van der Waals surface area contributed by atoms with Crippen LogP contribution in [0.2, 0.25) is 0 Å². The Morgan fingerprint density at radius 2 is 1.79 bits per heavy atom. The molecule has 1 aromatic carbocycles. The van der Waals surface area contributed by atoms with Crippen LogP contribution >= 0.6 is 11.8 Å². The Morgan fingerprint density at radius 1 is 1.15 bits per heavy atom. The van der Waals surface area contributed by atoms with Crippen molar-refractivity contribution >= 4 is 35.3 Å². The standard InChI is InChI=1S/C22H23N7O3S/c1-3-14-15(11-23)20(29(2)10-9-27-21(32)19(26)31)28-22(16(14)12-24)33-17(18(25)30)13-7-5-4-6-8-13/h4-8,17H,3,9-10H2,1-2H3,(H2,25,30)(H2,26,31)(H,27,32). The highest BCUT2D eigenvalue weighted by molar-refractivity contribution is 8.00. The van der Waals surface area contributed by atoms with E-state index in [0.29, 0.717) is 17.5 Å². The van der Waals surface area contributed by atoms with E-state index in [-0.39, 0.29) is 35.1 Å². The van der Waals surface area contributed by atoms with Crippen LogP contribution in [0.25, 0.3) is 0 Å². The van der Waals surface area contributed by atoms with E-state index in [0.717, 1.165) is 11.8 Å². The Hall–Kier alpha value is -4.09. The zero-order valence-electron chi connectivity index (χ0n) is 18.2. The number of hydrogen-bond acceptors (Lipinski definition) is 8. The van der Waals surface area contributed by atoms with Gasteiger partial charge in [0.2, 0.25) is 5.91 Å². The van der Waals surface area contributed by atoms with Crippen LogP contribution in [0.15, 0.2) is 35.4 Å². The molecule has 1 atom stereocenters. The minimum absolute atomic E-state index is 0.0721. The molecule has 0 spiro atoms. The van der Waals surface area contributed by atoms with Gasteiger partial charge in [-0.05, 0) is 17.5 Å². The summed E-state index contributed by atoms with van der Waals surface area (Å²) < 4.78 is 0. The number of rotatable bonds is 9. The van der Waals surface area contributed by atoms with Crippen LogP contribution in [0.4, 0.5) is 5.82 Å². The van der Waals surface area contributed by atoms with Crippen LogP contribution in [0.5, 0.6) is 0 Å². The molecule has 5 N–H and O–H groups in total. The molecular weight excluding hydrogens is 442 g/mol. The monoisotopic (exact) mass is 465 g/mol. The molecule has 2 rings (SSSR count). The first kappa shape index (κ1) is 25.2. The maximum Gasteiger partial charge on any atom is 0.309 e. The minimum atomic E-state index is -1.10. The molecule has 1 heterocycles. The molecule has 0 radical (unpaired) electrons. The number of likely N-dealkylation sites (N-methyl/N-ethyl adjacent to an activating group) is 1. The van der Waals surface area contributed by atoms with Gasteiger partial charge in [0.25, 0.3) is 0 Å². The lowest BCUT2D eigenvalue weighted by atomic mass is 10.0. The Bertz CT molecular complexity index is 1140. The van der Waals surface area contributed by atoms with Gasteiger partial charge < -0.3 is 21.7 Å². The van der Waals surface area contributed by atoms with Gasteiger partial charge in [-0.25, -0.2) is 4.98 Å². The number of pyridine rings is 1. The number of anilines is 1. The number of benzene rings is 1. The Balaban J connectivity index is 2.49. The molecule has 11 heteroatoms. The number of aromatic nitrogens is 1. The molecule has 0 fully saturated rings. The zero-order valence-corrected chi connectivity index (χ0v) is 19.0. The van der Waals surface area contributed by atoms with Crippen molar-refractivity contribution in [1.82, 2.24) is 10.3 Å². The van der Waals surface area contributed by atoms with E-state index in [1.54, 1.807) is 36.2 Å². The first-order chi connectivity index (χ1) is 15.7. The summed E-state index contributed by atoms with van der Waals surface area (Å²) in [5.41, 5.74) is 12.2. The minimum Gasteiger partial charge on any atom is -0.368 e. The van der Waals surface area contributed by atoms with Crippen LogP contribution in [-0.2, 0) is 20.8 Å². The summed E-state index contributed by atoms with van der Waals surface area (Å²) in [5, 5.41) is 21.5. The highest BCUT2D eigenvalue weighted by atomic mass is 32.2.